The number of benzene rings is 1. The van der Waals surface area contributed by atoms with E-state index in [1.54, 1.807) is 19.9 Å². The van der Waals surface area contributed by atoms with Gasteiger partial charge in [-0.2, -0.15) is 0 Å². The van der Waals surface area contributed by atoms with E-state index in [9.17, 15) is 30.2 Å². The fourth-order valence-corrected chi connectivity index (χ4v) is 4.35. The molecule has 35 heavy (non-hydrogen) atoms. The van der Waals surface area contributed by atoms with Crippen LogP contribution in [-0.2, 0) is 25.6 Å². The number of hydrogen-bond donors (Lipinski definition) is 3. The SMILES string of the molecule is C=C(CC1OCC(CC2OC2C(C)C(C)O)C(O)C1O)C(C)C(=O)OCc1cccc([N+](=O)[O-])c1. The van der Waals surface area contributed by atoms with E-state index in [2.05, 4.69) is 6.58 Å². The molecule has 0 radical (unpaired) electrons. The Morgan fingerprint density at radius 3 is 2.63 bits per heavy atom. The lowest BCUT2D eigenvalue weighted by Gasteiger charge is -2.38. The van der Waals surface area contributed by atoms with Crippen molar-refractivity contribution in [2.45, 2.75) is 76.8 Å². The van der Waals surface area contributed by atoms with Crippen LogP contribution in [0.25, 0.3) is 0 Å². The van der Waals surface area contributed by atoms with Gasteiger partial charge in [-0.1, -0.05) is 31.2 Å². The van der Waals surface area contributed by atoms with Gasteiger partial charge in [0.25, 0.3) is 5.69 Å². The molecule has 2 heterocycles. The van der Waals surface area contributed by atoms with Crippen LogP contribution in [0.5, 0.6) is 0 Å². The number of aliphatic hydroxyl groups is 3. The minimum atomic E-state index is -1.15. The molecule has 0 saturated carbocycles. The Kier molecular flexibility index (Phi) is 9.00. The molecule has 0 spiro atoms. The summed E-state index contributed by atoms with van der Waals surface area (Å²) >= 11 is 0. The summed E-state index contributed by atoms with van der Waals surface area (Å²) in [5.74, 6) is -1.56. The number of non-ortho nitro benzene ring substituents is 1. The number of nitro groups is 1. The molecule has 0 aromatic heterocycles. The Balaban J connectivity index is 1.46. The van der Waals surface area contributed by atoms with E-state index in [4.69, 9.17) is 14.2 Å². The van der Waals surface area contributed by atoms with Crippen LogP contribution < -0.4 is 0 Å². The first-order chi connectivity index (χ1) is 16.5. The van der Waals surface area contributed by atoms with Gasteiger partial charge in [-0.15, -0.1) is 0 Å². The van der Waals surface area contributed by atoms with Gasteiger partial charge >= 0.3 is 5.97 Å². The minimum Gasteiger partial charge on any atom is -0.460 e. The summed E-state index contributed by atoms with van der Waals surface area (Å²) in [6, 6.07) is 5.85. The molecule has 10 heteroatoms. The van der Waals surface area contributed by atoms with Crippen LogP contribution in [0.4, 0.5) is 5.69 Å². The first-order valence-corrected chi connectivity index (χ1v) is 11.9. The number of aliphatic hydroxyl groups excluding tert-OH is 3. The van der Waals surface area contributed by atoms with Gasteiger partial charge in [0.1, 0.15) is 12.7 Å². The molecule has 0 bridgehead atoms. The zero-order valence-corrected chi connectivity index (χ0v) is 20.3. The Labute approximate surface area is 204 Å². The highest BCUT2D eigenvalue weighted by molar-refractivity contribution is 5.75. The van der Waals surface area contributed by atoms with Gasteiger partial charge in [0.05, 0.1) is 48.0 Å². The lowest BCUT2D eigenvalue weighted by Crippen LogP contribution is -2.50. The number of rotatable bonds is 11. The van der Waals surface area contributed by atoms with Gasteiger partial charge in [0.15, 0.2) is 0 Å². The van der Waals surface area contributed by atoms with E-state index >= 15 is 0 Å². The molecular weight excluding hydrogens is 458 g/mol. The largest absolute Gasteiger partial charge is 0.460 e. The third-order valence-corrected chi connectivity index (χ3v) is 7.11. The van der Waals surface area contributed by atoms with Crippen molar-refractivity contribution in [3.05, 3.63) is 52.1 Å². The predicted molar refractivity (Wildman–Crippen MR) is 125 cm³/mol. The quantitative estimate of drug-likeness (QED) is 0.138. The normalized spacial score (nSPS) is 30.7. The lowest BCUT2D eigenvalue weighted by atomic mass is 9.84. The maximum atomic E-state index is 12.5. The van der Waals surface area contributed by atoms with Crippen molar-refractivity contribution >= 4 is 11.7 Å². The highest BCUT2D eigenvalue weighted by Crippen LogP contribution is 2.38. The topological polar surface area (TPSA) is 152 Å². The smallest absolute Gasteiger partial charge is 0.313 e. The van der Waals surface area contributed by atoms with Gasteiger partial charge in [0.2, 0.25) is 0 Å². The molecule has 194 valence electrons. The highest BCUT2D eigenvalue weighted by Gasteiger charge is 2.48. The van der Waals surface area contributed by atoms with E-state index in [0.717, 1.165) is 0 Å². The molecule has 10 nitrogen and oxygen atoms in total. The standard InChI is InChI=1S/C25H35NO9/c1-13(14(2)25(30)34-11-17-6-5-7-19(9-17)26(31)32)8-20-23(29)22(28)18(12-33-20)10-21-24(35-21)15(3)16(4)27/h5-7,9,14-16,18,20-24,27-29H,1,8,10-12H2,2-4H3. The molecule has 3 rings (SSSR count). The van der Waals surface area contributed by atoms with Crippen molar-refractivity contribution in [3.63, 3.8) is 0 Å². The van der Waals surface area contributed by atoms with Gasteiger partial charge in [0, 0.05) is 24.0 Å². The maximum absolute atomic E-state index is 12.5. The van der Waals surface area contributed by atoms with Gasteiger partial charge in [-0.3, -0.25) is 14.9 Å². The number of nitrogens with zero attached hydrogens (tertiary/aromatic N) is 1. The summed E-state index contributed by atoms with van der Waals surface area (Å²) in [4.78, 5) is 22.8. The van der Waals surface area contributed by atoms with Gasteiger partial charge in [-0.25, -0.2) is 0 Å². The minimum absolute atomic E-state index is 0.0131. The summed E-state index contributed by atoms with van der Waals surface area (Å²) in [5.41, 5.74) is 0.896. The molecule has 2 aliphatic rings. The average Bonchev–Trinajstić information content (AvgIpc) is 3.60. The summed E-state index contributed by atoms with van der Waals surface area (Å²) in [6.45, 7) is 9.31. The third kappa shape index (κ3) is 6.86. The molecular formula is C25H35NO9. The number of epoxide rings is 1. The van der Waals surface area contributed by atoms with Crippen molar-refractivity contribution in [3.8, 4) is 0 Å². The number of ether oxygens (including phenoxy) is 3. The molecule has 1 aromatic rings. The third-order valence-electron chi connectivity index (χ3n) is 7.11. The van der Waals surface area contributed by atoms with Crippen LogP contribution in [0, 0.1) is 27.9 Å². The first-order valence-electron chi connectivity index (χ1n) is 11.9. The number of carbonyl (C=O) groups excluding carboxylic acids is 1. The fourth-order valence-electron chi connectivity index (χ4n) is 4.35. The fraction of sp³-hybridized carbons (Fsp3) is 0.640. The summed E-state index contributed by atoms with van der Waals surface area (Å²) in [7, 11) is 0. The zero-order chi connectivity index (χ0) is 25.9. The van der Waals surface area contributed by atoms with Crippen molar-refractivity contribution in [1.29, 1.82) is 0 Å². The van der Waals surface area contributed by atoms with Crippen molar-refractivity contribution < 1.29 is 39.2 Å². The molecule has 2 saturated heterocycles. The van der Waals surface area contributed by atoms with E-state index in [0.29, 0.717) is 17.6 Å². The molecule has 1 aromatic carbocycles. The van der Waals surface area contributed by atoms with Crippen LogP contribution in [0.3, 0.4) is 0 Å². The van der Waals surface area contributed by atoms with Crippen molar-refractivity contribution in [1.82, 2.24) is 0 Å². The maximum Gasteiger partial charge on any atom is 0.313 e. The Bertz CT molecular complexity index is 920. The van der Waals surface area contributed by atoms with E-state index in [1.165, 1.54) is 18.2 Å². The number of carbonyl (C=O) groups is 1. The molecule has 9 atom stereocenters. The van der Waals surface area contributed by atoms with Crippen molar-refractivity contribution in [2.75, 3.05) is 6.61 Å². The highest BCUT2D eigenvalue weighted by atomic mass is 16.6. The van der Waals surface area contributed by atoms with Gasteiger partial charge < -0.3 is 29.5 Å². The van der Waals surface area contributed by atoms with E-state index in [-0.39, 0.29) is 49.4 Å². The first kappa shape index (κ1) is 27.2. The molecule has 2 aliphatic heterocycles. The van der Waals surface area contributed by atoms with Crippen LogP contribution in [0.2, 0.25) is 0 Å². The Morgan fingerprint density at radius 1 is 1.26 bits per heavy atom. The van der Waals surface area contributed by atoms with Gasteiger partial charge in [-0.05, 0) is 32.3 Å². The monoisotopic (exact) mass is 493 g/mol. The molecule has 0 amide bonds. The second-order valence-corrected chi connectivity index (χ2v) is 9.71. The molecule has 2 fully saturated rings. The molecule has 0 aliphatic carbocycles. The average molecular weight is 494 g/mol. The summed E-state index contributed by atoms with van der Waals surface area (Å²) in [5, 5.41) is 41.9. The van der Waals surface area contributed by atoms with E-state index in [1.807, 2.05) is 6.92 Å². The molecule has 3 N–H and O–H groups in total. The van der Waals surface area contributed by atoms with Crippen LogP contribution >= 0.6 is 0 Å². The number of nitro benzene ring substituents is 1. The number of hydrogen-bond acceptors (Lipinski definition) is 9. The van der Waals surface area contributed by atoms with Crippen molar-refractivity contribution in [2.24, 2.45) is 17.8 Å². The number of esters is 1. The summed E-state index contributed by atoms with van der Waals surface area (Å²) < 4.78 is 16.8. The lowest BCUT2D eigenvalue weighted by molar-refractivity contribution is -0.384. The Morgan fingerprint density at radius 2 is 1.97 bits per heavy atom. The van der Waals surface area contributed by atoms with Crippen LogP contribution in [0.1, 0.15) is 39.2 Å². The Hall–Kier alpha value is -2.37. The predicted octanol–water partition coefficient (Wildman–Crippen LogP) is 2.13. The van der Waals surface area contributed by atoms with Crippen LogP contribution in [0.15, 0.2) is 36.4 Å². The van der Waals surface area contributed by atoms with Crippen LogP contribution in [-0.4, -0.2) is 69.4 Å². The second-order valence-electron chi connectivity index (χ2n) is 9.71. The zero-order valence-electron chi connectivity index (χ0n) is 20.3. The molecule has 9 unspecified atom stereocenters. The second kappa shape index (κ2) is 11.6. The summed E-state index contributed by atoms with van der Waals surface area (Å²) in [6.07, 6.45) is -2.82. The van der Waals surface area contributed by atoms with E-state index < -0.39 is 41.2 Å².